The third kappa shape index (κ3) is 6.52. The quantitative estimate of drug-likeness (QED) is 0.174. The highest BCUT2D eigenvalue weighted by molar-refractivity contribution is 9.10. The zero-order valence-electron chi connectivity index (χ0n) is 19.1. The summed E-state index contributed by atoms with van der Waals surface area (Å²) < 4.78 is 18.5. The SMILES string of the molecule is CCOc1cc(/C=N/NC(=O)c2cc3cc(Br)ccc3o2)c(Br)cc1OCC(=O)Nc1ccccc1. The van der Waals surface area contributed by atoms with Gasteiger partial charge in [-0.1, -0.05) is 34.1 Å². The second kappa shape index (κ2) is 11.9. The fourth-order valence-corrected chi connectivity index (χ4v) is 4.04. The third-order valence-corrected chi connectivity index (χ3v) is 6.03. The number of furan rings is 1. The van der Waals surface area contributed by atoms with Crippen molar-refractivity contribution >= 4 is 66.5 Å². The second-order valence-electron chi connectivity index (χ2n) is 7.45. The first-order valence-corrected chi connectivity index (χ1v) is 12.5. The topological polar surface area (TPSA) is 102 Å². The Kier molecular flexibility index (Phi) is 8.40. The second-order valence-corrected chi connectivity index (χ2v) is 9.22. The number of ether oxygens (including phenoxy) is 2. The molecule has 0 atom stereocenters. The molecule has 1 aromatic heterocycles. The first kappa shape index (κ1) is 25.5. The molecule has 0 spiro atoms. The molecule has 0 saturated heterocycles. The maximum atomic E-state index is 12.5. The molecular formula is C26H21Br2N3O5. The molecular weight excluding hydrogens is 594 g/mol. The molecule has 4 rings (SSSR count). The summed E-state index contributed by atoms with van der Waals surface area (Å²) in [5, 5.41) is 7.60. The molecule has 2 N–H and O–H groups in total. The van der Waals surface area contributed by atoms with Crippen molar-refractivity contribution in [3.05, 3.63) is 87.0 Å². The van der Waals surface area contributed by atoms with Gasteiger partial charge in [-0.15, -0.1) is 0 Å². The summed E-state index contributed by atoms with van der Waals surface area (Å²) in [6.07, 6.45) is 1.47. The number of nitrogens with one attached hydrogen (secondary N) is 2. The molecule has 0 unspecified atom stereocenters. The third-order valence-electron chi connectivity index (χ3n) is 4.85. The smallest absolute Gasteiger partial charge is 0.307 e. The number of nitrogens with zero attached hydrogens (tertiary/aromatic N) is 1. The molecule has 0 radical (unpaired) electrons. The van der Waals surface area contributed by atoms with Gasteiger partial charge in [0.05, 0.1) is 12.8 Å². The molecule has 36 heavy (non-hydrogen) atoms. The van der Waals surface area contributed by atoms with Gasteiger partial charge in [0.15, 0.2) is 23.9 Å². The van der Waals surface area contributed by atoms with E-state index in [2.05, 4.69) is 47.7 Å². The molecule has 2 amide bonds. The molecule has 0 saturated carbocycles. The van der Waals surface area contributed by atoms with Gasteiger partial charge in [-0.25, -0.2) is 5.43 Å². The Morgan fingerprint density at radius 3 is 2.56 bits per heavy atom. The number of fused-ring (bicyclic) bond motifs is 1. The Morgan fingerprint density at radius 2 is 1.78 bits per heavy atom. The van der Waals surface area contributed by atoms with E-state index in [1.54, 1.807) is 36.4 Å². The lowest BCUT2D eigenvalue weighted by molar-refractivity contribution is -0.118. The van der Waals surface area contributed by atoms with Gasteiger partial charge in [0, 0.05) is 25.6 Å². The number of para-hydroxylation sites is 1. The lowest BCUT2D eigenvalue weighted by atomic mass is 10.2. The van der Waals surface area contributed by atoms with Crippen LogP contribution in [-0.4, -0.2) is 31.2 Å². The van der Waals surface area contributed by atoms with Gasteiger partial charge in [-0.05, 0) is 71.4 Å². The first-order valence-electron chi connectivity index (χ1n) is 10.9. The monoisotopic (exact) mass is 613 g/mol. The van der Waals surface area contributed by atoms with E-state index < -0.39 is 5.91 Å². The average molecular weight is 615 g/mol. The fraction of sp³-hybridized carbons (Fsp3) is 0.115. The van der Waals surface area contributed by atoms with E-state index in [1.807, 2.05) is 37.3 Å². The number of hydrazone groups is 1. The number of carbonyl (C=O) groups is 2. The molecule has 184 valence electrons. The van der Waals surface area contributed by atoms with Crippen LogP contribution in [0.2, 0.25) is 0 Å². The molecule has 3 aromatic carbocycles. The summed E-state index contributed by atoms with van der Waals surface area (Å²) in [6, 6.07) is 19.6. The average Bonchev–Trinajstić information content (AvgIpc) is 3.29. The molecule has 1 heterocycles. The Hall–Kier alpha value is -3.63. The predicted octanol–water partition coefficient (Wildman–Crippen LogP) is 6.14. The van der Waals surface area contributed by atoms with E-state index in [9.17, 15) is 9.59 Å². The van der Waals surface area contributed by atoms with Gasteiger partial charge < -0.3 is 19.2 Å². The number of amides is 2. The van der Waals surface area contributed by atoms with E-state index in [1.165, 1.54) is 6.21 Å². The predicted molar refractivity (Wildman–Crippen MR) is 145 cm³/mol. The molecule has 8 nitrogen and oxygen atoms in total. The van der Waals surface area contributed by atoms with Gasteiger partial charge in [-0.2, -0.15) is 5.10 Å². The van der Waals surface area contributed by atoms with Crippen molar-refractivity contribution in [2.45, 2.75) is 6.92 Å². The number of halogens is 2. The lowest BCUT2D eigenvalue weighted by Crippen LogP contribution is -2.20. The first-order chi connectivity index (χ1) is 17.4. The molecule has 0 bridgehead atoms. The van der Waals surface area contributed by atoms with Crippen LogP contribution >= 0.6 is 31.9 Å². The van der Waals surface area contributed by atoms with Crippen molar-refractivity contribution < 1.29 is 23.5 Å². The van der Waals surface area contributed by atoms with Gasteiger partial charge in [-0.3, -0.25) is 9.59 Å². The highest BCUT2D eigenvalue weighted by atomic mass is 79.9. The van der Waals surface area contributed by atoms with Crippen LogP contribution in [0.5, 0.6) is 11.5 Å². The Bertz CT molecular complexity index is 1420. The highest BCUT2D eigenvalue weighted by Crippen LogP contribution is 2.33. The van der Waals surface area contributed by atoms with E-state index in [4.69, 9.17) is 13.9 Å². The normalized spacial score (nSPS) is 11.0. The lowest BCUT2D eigenvalue weighted by Gasteiger charge is -2.14. The molecule has 4 aromatic rings. The molecule has 0 aliphatic rings. The van der Waals surface area contributed by atoms with E-state index >= 15 is 0 Å². The van der Waals surface area contributed by atoms with Crippen molar-refractivity contribution in [2.75, 3.05) is 18.5 Å². The van der Waals surface area contributed by atoms with Crippen LogP contribution in [-0.2, 0) is 4.79 Å². The summed E-state index contributed by atoms with van der Waals surface area (Å²) in [4.78, 5) is 24.7. The largest absolute Gasteiger partial charge is 0.490 e. The highest BCUT2D eigenvalue weighted by Gasteiger charge is 2.14. The van der Waals surface area contributed by atoms with Crippen LogP contribution in [0.25, 0.3) is 11.0 Å². The van der Waals surface area contributed by atoms with Crippen molar-refractivity contribution in [3.8, 4) is 11.5 Å². The maximum Gasteiger partial charge on any atom is 0.307 e. The van der Waals surface area contributed by atoms with Crippen LogP contribution in [0.3, 0.4) is 0 Å². The number of rotatable bonds is 9. The van der Waals surface area contributed by atoms with Gasteiger partial charge >= 0.3 is 5.91 Å². The summed E-state index contributed by atoms with van der Waals surface area (Å²) >= 11 is 6.87. The summed E-state index contributed by atoms with van der Waals surface area (Å²) in [7, 11) is 0. The van der Waals surface area contributed by atoms with Crippen LogP contribution in [0.1, 0.15) is 23.0 Å². The minimum absolute atomic E-state index is 0.145. The molecule has 10 heteroatoms. The molecule has 0 aliphatic heterocycles. The Labute approximate surface area is 223 Å². The van der Waals surface area contributed by atoms with Crippen LogP contribution in [0.15, 0.2) is 85.2 Å². The fourth-order valence-electron chi connectivity index (χ4n) is 3.23. The zero-order valence-corrected chi connectivity index (χ0v) is 22.3. The van der Waals surface area contributed by atoms with Crippen molar-refractivity contribution in [1.82, 2.24) is 5.43 Å². The standard InChI is InChI=1S/C26H21Br2N3O5/c1-2-34-22-12-17(14-29-31-26(33)24-11-16-10-18(27)8-9-21(16)36-24)20(28)13-23(22)35-15-25(32)30-19-6-4-3-5-7-19/h3-14H,2,15H2,1H3,(H,30,32)(H,31,33)/b29-14+. The van der Waals surface area contributed by atoms with E-state index in [0.29, 0.717) is 39.4 Å². The number of hydrogen-bond acceptors (Lipinski definition) is 6. The van der Waals surface area contributed by atoms with Gasteiger partial charge in [0.25, 0.3) is 5.91 Å². The number of anilines is 1. The van der Waals surface area contributed by atoms with Crippen molar-refractivity contribution in [3.63, 3.8) is 0 Å². The van der Waals surface area contributed by atoms with E-state index in [-0.39, 0.29) is 18.3 Å². The minimum Gasteiger partial charge on any atom is -0.490 e. The van der Waals surface area contributed by atoms with E-state index in [0.717, 1.165) is 9.86 Å². The Balaban J connectivity index is 1.41. The number of carbonyl (C=O) groups excluding carboxylic acids is 2. The Morgan fingerprint density at radius 1 is 1.00 bits per heavy atom. The van der Waals surface area contributed by atoms with Crippen LogP contribution in [0, 0.1) is 0 Å². The molecule has 0 fully saturated rings. The van der Waals surface area contributed by atoms with Crippen molar-refractivity contribution in [1.29, 1.82) is 0 Å². The summed E-state index contributed by atoms with van der Waals surface area (Å²) in [6.45, 7) is 2.04. The van der Waals surface area contributed by atoms with Crippen molar-refractivity contribution in [2.24, 2.45) is 5.10 Å². The summed E-state index contributed by atoms with van der Waals surface area (Å²) in [5.41, 5.74) is 4.37. The molecule has 0 aliphatic carbocycles. The van der Waals surface area contributed by atoms with Gasteiger partial charge in [0.1, 0.15) is 5.58 Å². The van der Waals surface area contributed by atoms with Crippen LogP contribution in [0.4, 0.5) is 5.69 Å². The zero-order chi connectivity index (χ0) is 25.5. The summed E-state index contributed by atoms with van der Waals surface area (Å²) in [5.74, 6) is 0.187. The minimum atomic E-state index is -0.482. The number of benzene rings is 3. The van der Waals surface area contributed by atoms with Gasteiger partial charge in [0.2, 0.25) is 0 Å². The maximum absolute atomic E-state index is 12.5. The van der Waals surface area contributed by atoms with Crippen LogP contribution < -0.4 is 20.2 Å². The number of hydrogen-bond donors (Lipinski definition) is 2.